The van der Waals surface area contributed by atoms with Gasteiger partial charge in [0.05, 0.1) is 11.2 Å². The predicted octanol–water partition coefficient (Wildman–Crippen LogP) is 2.09. The molecule has 1 saturated carbocycles. The fourth-order valence-corrected chi connectivity index (χ4v) is 4.36. The van der Waals surface area contributed by atoms with Crippen molar-refractivity contribution in [2.75, 3.05) is 19.7 Å². The SMILES string of the molecule is CCC1CNCCC1(O)C1CCOC2(CCC2)C1. The predicted molar refractivity (Wildman–Crippen MR) is 71.5 cm³/mol. The highest BCUT2D eigenvalue weighted by Crippen LogP contribution is 2.49. The Balaban J connectivity index is 1.74. The lowest BCUT2D eigenvalue weighted by Gasteiger charge is -2.53. The normalized spacial score (nSPS) is 43.7. The summed E-state index contributed by atoms with van der Waals surface area (Å²) in [5, 5.41) is 14.6. The van der Waals surface area contributed by atoms with Gasteiger partial charge in [-0.3, -0.25) is 0 Å². The number of aliphatic hydroxyl groups is 1. The van der Waals surface area contributed by atoms with Gasteiger partial charge in [-0.05, 0) is 57.4 Å². The molecule has 3 nitrogen and oxygen atoms in total. The summed E-state index contributed by atoms with van der Waals surface area (Å²) in [7, 11) is 0. The van der Waals surface area contributed by atoms with Gasteiger partial charge in [-0.25, -0.2) is 0 Å². The van der Waals surface area contributed by atoms with Crippen LogP contribution in [-0.2, 0) is 4.74 Å². The number of hydrogen-bond acceptors (Lipinski definition) is 3. The molecular weight excluding hydrogens is 226 g/mol. The molecule has 0 aromatic rings. The fourth-order valence-electron chi connectivity index (χ4n) is 4.36. The first kappa shape index (κ1) is 12.9. The van der Waals surface area contributed by atoms with Crippen LogP contribution in [-0.4, -0.2) is 36.0 Å². The number of nitrogens with one attached hydrogen (secondary N) is 1. The Kier molecular flexibility index (Phi) is 3.41. The second kappa shape index (κ2) is 4.77. The molecule has 3 fully saturated rings. The molecule has 0 aromatic heterocycles. The number of ether oxygens (including phenoxy) is 1. The summed E-state index contributed by atoms with van der Waals surface area (Å²) in [6.07, 6.45) is 7.89. The molecule has 0 aromatic carbocycles. The Morgan fingerprint density at radius 1 is 1.33 bits per heavy atom. The zero-order valence-corrected chi connectivity index (χ0v) is 11.6. The minimum Gasteiger partial charge on any atom is -0.389 e. The van der Waals surface area contributed by atoms with Crippen LogP contribution in [0.1, 0.15) is 51.9 Å². The van der Waals surface area contributed by atoms with Crippen LogP contribution < -0.4 is 5.32 Å². The van der Waals surface area contributed by atoms with Crippen LogP contribution in [0.3, 0.4) is 0 Å². The van der Waals surface area contributed by atoms with Gasteiger partial charge in [0.2, 0.25) is 0 Å². The molecular formula is C15H27NO2. The quantitative estimate of drug-likeness (QED) is 0.792. The Hall–Kier alpha value is -0.120. The van der Waals surface area contributed by atoms with Crippen molar-refractivity contribution in [1.29, 1.82) is 0 Å². The second-order valence-electron chi connectivity index (χ2n) is 6.63. The summed E-state index contributed by atoms with van der Waals surface area (Å²) in [5.74, 6) is 0.880. The fraction of sp³-hybridized carbons (Fsp3) is 1.00. The van der Waals surface area contributed by atoms with Crippen LogP contribution >= 0.6 is 0 Å². The van der Waals surface area contributed by atoms with E-state index in [0.29, 0.717) is 11.8 Å². The Morgan fingerprint density at radius 2 is 2.17 bits per heavy atom. The highest BCUT2D eigenvalue weighted by atomic mass is 16.5. The molecule has 2 N–H and O–H groups in total. The van der Waals surface area contributed by atoms with E-state index in [1.807, 2.05) is 0 Å². The van der Waals surface area contributed by atoms with Crippen LogP contribution in [0.4, 0.5) is 0 Å². The molecule has 104 valence electrons. The van der Waals surface area contributed by atoms with Crippen molar-refractivity contribution in [2.45, 2.75) is 63.1 Å². The molecule has 3 atom stereocenters. The van der Waals surface area contributed by atoms with Gasteiger partial charge in [0.25, 0.3) is 0 Å². The minimum atomic E-state index is -0.438. The van der Waals surface area contributed by atoms with Crippen LogP contribution in [0.2, 0.25) is 0 Å². The molecule has 2 saturated heterocycles. The molecule has 0 radical (unpaired) electrons. The lowest BCUT2D eigenvalue weighted by Crippen LogP contribution is -2.58. The molecule has 3 unspecified atom stereocenters. The molecule has 1 aliphatic carbocycles. The highest BCUT2D eigenvalue weighted by Gasteiger charge is 2.51. The number of piperidine rings is 1. The monoisotopic (exact) mass is 253 g/mol. The summed E-state index contributed by atoms with van der Waals surface area (Å²) >= 11 is 0. The molecule has 3 heteroatoms. The molecule has 3 aliphatic rings. The van der Waals surface area contributed by atoms with Crippen molar-refractivity contribution in [2.24, 2.45) is 11.8 Å². The van der Waals surface area contributed by atoms with Gasteiger partial charge in [-0.1, -0.05) is 6.92 Å². The highest BCUT2D eigenvalue weighted by molar-refractivity contribution is 5.03. The third kappa shape index (κ3) is 2.00. The molecule has 1 spiro atoms. The van der Waals surface area contributed by atoms with E-state index in [4.69, 9.17) is 4.74 Å². The first-order valence-corrected chi connectivity index (χ1v) is 7.76. The molecule has 2 heterocycles. The topological polar surface area (TPSA) is 41.5 Å². The van der Waals surface area contributed by atoms with Crippen molar-refractivity contribution >= 4 is 0 Å². The first-order chi connectivity index (χ1) is 8.69. The summed E-state index contributed by atoms with van der Waals surface area (Å²) < 4.78 is 6.01. The third-order valence-electron chi connectivity index (χ3n) is 5.76. The van der Waals surface area contributed by atoms with Crippen molar-refractivity contribution in [3.8, 4) is 0 Å². The third-order valence-corrected chi connectivity index (χ3v) is 5.76. The molecule has 0 amide bonds. The standard InChI is InChI=1S/C15H27NO2/c1-2-12-11-16-8-7-15(12,17)13-4-9-18-14(10-13)5-3-6-14/h12-13,16-17H,2-11H2,1H3. The maximum atomic E-state index is 11.2. The minimum absolute atomic E-state index is 0.155. The van der Waals surface area contributed by atoms with E-state index < -0.39 is 5.60 Å². The lowest BCUT2D eigenvalue weighted by molar-refractivity contribution is -0.191. The maximum Gasteiger partial charge on any atom is 0.0729 e. The molecule has 18 heavy (non-hydrogen) atoms. The summed E-state index contributed by atoms with van der Waals surface area (Å²) in [6, 6.07) is 0. The van der Waals surface area contributed by atoms with Crippen molar-refractivity contribution < 1.29 is 9.84 Å². The Bertz CT molecular complexity index is 303. The van der Waals surface area contributed by atoms with E-state index in [1.165, 1.54) is 19.3 Å². The van der Waals surface area contributed by atoms with E-state index in [0.717, 1.165) is 45.4 Å². The number of rotatable bonds is 2. The zero-order valence-electron chi connectivity index (χ0n) is 11.6. The van der Waals surface area contributed by atoms with E-state index >= 15 is 0 Å². The van der Waals surface area contributed by atoms with Crippen LogP contribution in [0.15, 0.2) is 0 Å². The van der Waals surface area contributed by atoms with Gasteiger partial charge in [-0.2, -0.15) is 0 Å². The second-order valence-corrected chi connectivity index (χ2v) is 6.63. The van der Waals surface area contributed by atoms with Crippen LogP contribution in [0.5, 0.6) is 0 Å². The summed E-state index contributed by atoms with van der Waals surface area (Å²) in [4.78, 5) is 0. The van der Waals surface area contributed by atoms with E-state index in [-0.39, 0.29) is 5.60 Å². The zero-order chi connectivity index (χ0) is 12.6. The molecule has 3 rings (SSSR count). The van der Waals surface area contributed by atoms with Crippen LogP contribution in [0.25, 0.3) is 0 Å². The average Bonchev–Trinajstić information content (AvgIpc) is 2.37. The van der Waals surface area contributed by atoms with E-state index in [2.05, 4.69) is 12.2 Å². The van der Waals surface area contributed by atoms with E-state index in [1.54, 1.807) is 0 Å². The Labute approximate surface area is 110 Å². The number of hydrogen-bond donors (Lipinski definition) is 2. The van der Waals surface area contributed by atoms with Crippen LogP contribution in [0, 0.1) is 11.8 Å². The maximum absolute atomic E-state index is 11.2. The molecule has 2 aliphatic heterocycles. The smallest absolute Gasteiger partial charge is 0.0729 e. The molecule has 0 bridgehead atoms. The largest absolute Gasteiger partial charge is 0.389 e. The van der Waals surface area contributed by atoms with Crippen molar-refractivity contribution in [1.82, 2.24) is 5.32 Å². The van der Waals surface area contributed by atoms with E-state index in [9.17, 15) is 5.11 Å². The van der Waals surface area contributed by atoms with Crippen molar-refractivity contribution in [3.05, 3.63) is 0 Å². The van der Waals surface area contributed by atoms with Gasteiger partial charge < -0.3 is 15.2 Å². The summed E-state index contributed by atoms with van der Waals surface area (Å²) in [6.45, 7) is 5.02. The Morgan fingerprint density at radius 3 is 2.83 bits per heavy atom. The van der Waals surface area contributed by atoms with Gasteiger partial charge in [0.15, 0.2) is 0 Å². The van der Waals surface area contributed by atoms with Gasteiger partial charge in [0.1, 0.15) is 0 Å². The first-order valence-electron chi connectivity index (χ1n) is 7.76. The average molecular weight is 253 g/mol. The van der Waals surface area contributed by atoms with Gasteiger partial charge >= 0.3 is 0 Å². The summed E-state index contributed by atoms with van der Waals surface area (Å²) in [5.41, 5.74) is -0.284. The van der Waals surface area contributed by atoms with Gasteiger partial charge in [0, 0.05) is 19.1 Å². The van der Waals surface area contributed by atoms with Crippen molar-refractivity contribution in [3.63, 3.8) is 0 Å². The van der Waals surface area contributed by atoms with Gasteiger partial charge in [-0.15, -0.1) is 0 Å². The lowest BCUT2D eigenvalue weighted by atomic mass is 9.63.